The number of nitrogens with zero attached hydrogens (tertiary/aromatic N) is 1. The number of hydrogen-bond acceptors (Lipinski definition) is 4. The zero-order valence-corrected chi connectivity index (χ0v) is 5.29. The standard InChI is InChI=1S/C4H2F3NO4/c5-4(6,7)2(9)1(8-12)3(10)11/h12H,(H,10,11)/b8-1-. The van der Waals surface area contributed by atoms with Gasteiger partial charge in [0, 0.05) is 0 Å². The molecule has 0 amide bonds. The second-order valence-electron chi connectivity index (χ2n) is 1.58. The van der Waals surface area contributed by atoms with E-state index in [1.54, 1.807) is 5.16 Å². The summed E-state index contributed by atoms with van der Waals surface area (Å²) in [6.07, 6.45) is -5.35. The lowest BCUT2D eigenvalue weighted by molar-refractivity contribution is -0.164. The van der Waals surface area contributed by atoms with Crippen LogP contribution in [-0.2, 0) is 9.59 Å². The summed E-state index contributed by atoms with van der Waals surface area (Å²) in [5.74, 6) is -4.93. The van der Waals surface area contributed by atoms with E-state index in [1.807, 2.05) is 0 Å². The molecule has 0 rings (SSSR count). The third kappa shape index (κ3) is 2.22. The maximum atomic E-state index is 11.4. The quantitative estimate of drug-likeness (QED) is 0.275. The Balaban J connectivity index is 4.82. The van der Waals surface area contributed by atoms with Gasteiger partial charge in [0.1, 0.15) is 0 Å². The van der Waals surface area contributed by atoms with Gasteiger partial charge in [-0.1, -0.05) is 5.16 Å². The lowest BCUT2D eigenvalue weighted by Gasteiger charge is -2.01. The molecule has 0 unspecified atom stereocenters. The molecular formula is C4H2F3NO4. The highest BCUT2D eigenvalue weighted by Crippen LogP contribution is 2.16. The number of aliphatic carboxylic acids is 1. The number of oxime groups is 1. The van der Waals surface area contributed by atoms with E-state index in [1.165, 1.54) is 0 Å². The van der Waals surface area contributed by atoms with Crippen molar-refractivity contribution in [3.8, 4) is 0 Å². The summed E-state index contributed by atoms with van der Waals surface area (Å²) in [7, 11) is 0. The van der Waals surface area contributed by atoms with Crippen molar-refractivity contribution in [1.29, 1.82) is 0 Å². The summed E-state index contributed by atoms with van der Waals surface area (Å²) in [6.45, 7) is 0. The molecule has 68 valence electrons. The van der Waals surface area contributed by atoms with Gasteiger partial charge >= 0.3 is 12.1 Å². The van der Waals surface area contributed by atoms with Crippen LogP contribution in [0.4, 0.5) is 13.2 Å². The Morgan fingerprint density at radius 1 is 1.25 bits per heavy atom. The number of carbonyl (C=O) groups excluding carboxylic acids is 1. The number of hydrogen-bond donors (Lipinski definition) is 2. The Labute approximate surface area is 63.1 Å². The summed E-state index contributed by atoms with van der Waals surface area (Å²) in [6, 6.07) is 0. The van der Waals surface area contributed by atoms with Crippen LogP contribution >= 0.6 is 0 Å². The topological polar surface area (TPSA) is 87.0 Å². The molecule has 0 bridgehead atoms. The van der Waals surface area contributed by atoms with Crippen LogP contribution in [0.25, 0.3) is 0 Å². The van der Waals surface area contributed by atoms with E-state index >= 15 is 0 Å². The fourth-order valence-corrected chi connectivity index (χ4v) is 0.320. The number of carbonyl (C=O) groups is 2. The molecule has 12 heavy (non-hydrogen) atoms. The van der Waals surface area contributed by atoms with E-state index in [-0.39, 0.29) is 0 Å². The normalized spacial score (nSPS) is 12.8. The van der Waals surface area contributed by atoms with Gasteiger partial charge in [-0.3, -0.25) is 4.79 Å². The number of carboxylic acid groups (broad SMARTS) is 1. The van der Waals surface area contributed by atoms with E-state index < -0.39 is 23.6 Å². The van der Waals surface area contributed by atoms with Gasteiger partial charge in [0.05, 0.1) is 0 Å². The van der Waals surface area contributed by atoms with Crippen LogP contribution in [0.2, 0.25) is 0 Å². The first-order valence-corrected chi connectivity index (χ1v) is 2.37. The summed E-state index contributed by atoms with van der Waals surface area (Å²) in [5, 5.41) is 17.3. The largest absolute Gasteiger partial charge is 0.476 e. The second-order valence-corrected chi connectivity index (χ2v) is 1.58. The van der Waals surface area contributed by atoms with Crippen LogP contribution in [0.5, 0.6) is 0 Å². The molecule has 0 aliphatic heterocycles. The molecule has 5 nitrogen and oxygen atoms in total. The summed E-state index contributed by atoms with van der Waals surface area (Å²) in [4.78, 5) is 19.8. The molecule has 0 aliphatic rings. The smallest absolute Gasteiger partial charge is 0.456 e. The van der Waals surface area contributed by atoms with E-state index in [4.69, 9.17) is 10.3 Å². The van der Waals surface area contributed by atoms with Gasteiger partial charge in [-0.05, 0) is 0 Å². The van der Waals surface area contributed by atoms with Crippen molar-refractivity contribution < 1.29 is 33.1 Å². The summed E-state index contributed by atoms with van der Waals surface area (Å²) < 4.78 is 34.3. The second kappa shape index (κ2) is 3.20. The number of ketones is 1. The third-order valence-electron chi connectivity index (χ3n) is 0.775. The van der Waals surface area contributed by atoms with Gasteiger partial charge in [-0.25, -0.2) is 4.79 Å². The Morgan fingerprint density at radius 2 is 1.67 bits per heavy atom. The Bertz CT molecular complexity index is 243. The van der Waals surface area contributed by atoms with Crippen molar-refractivity contribution in [3.63, 3.8) is 0 Å². The fourth-order valence-electron chi connectivity index (χ4n) is 0.320. The molecule has 8 heteroatoms. The first kappa shape index (κ1) is 10.4. The molecule has 0 atom stereocenters. The lowest BCUT2D eigenvalue weighted by atomic mass is 10.2. The highest BCUT2D eigenvalue weighted by atomic mass is 19.4. The molecule has 0 aromatic carbocycles. The van der Waals surface area contributed by atoms with Crippen molar-refractivity contribution in [2.45, 2.75) is 6.18 Å². The highest BCUT2D eigenvalue weighted by Gasteiger charge is 2.44. The number of halogens is 3. The Kier molecular flexibility index (Phi) is 2.77. The van der Waals surface area contributed by atoms with Gasteiger partial charge < -0.3 is 10.3 Å². The minimum Gasteiger partial charge on any atom is -0.476 e. The van der Waals surface area contributed by atoms with Crippen molar-refractivity contribution in [1.82, 2.24) is 0 Å². The highest BCUT2D eigenvalue weighted by molar-refractivity contribution is 6.64. The zero-order valence-electron chi connectivity index (χ0n) is 5.29. The van der Waals surface area contributed by atoms with Crippen molar-refractivity contribution in [2.24, 2.45) is 5.16 Å². The van der Waals surface area contributed by atoms with E-state index in [0.717, 1.165) is 0 Å². The van der Waals surface area contributed by atoms with Gasteiger partial charge in [0.2, 0.25) is 5.71 Å². The maximum Gasteiger partial charge on any atom is 0.456 e. The predicted molar refractivity (Wildman–Crippen MR) is 27.9 cm³/mol. The molecule has 0 saturated carbocycles. The number of alkyl halides is 3. The minimum atomic E-state index is -5.35. The SMILES string of the molecule is O=C(O)/C(=N\O)C(=O)C(F)(F)F. The molecule has 2 N–H and O–H groups in total. The van der Waals surface area contributed by atoms with Crippen molar-refractivity contribution in [3.05, 3.63) is 0 Å². The van der Waals surface area contributed by atoms with Crippen LogP contribution in [0.1, 0.15) is 0 Å². The van der Waals surface area contributed by atoms with Crippen LogP contribution < -0.4 is 0 Å². The molecule has 0 fully saturated rings. The molecular weight excluding hydrogens is 183 g/mol. The molecule has 0 aromatic rings. The first-order valence-electron chi connectivity index (χ1n) is 2.37. The molecule has 0 saturated heterocycles. The van der Waals surface area contributed by atoms with E-state index in [9.17, 15) is 22.8 Å². The zero-order chi connectivity index (χ0) is 9.94. The van der Waals surface area contributed by atoms with Gasteiger partial charge in [-0.15, -0.1) is 0 Å². The van der Waals surface area contributed by atoms with Crippen molar-refractivity contribution in [2.75, 3.05) is 0 Å². The molecule has 0 aliphatic carbocycles. The predicted octanol–water partition coefficient (Wildman–Crippen LogP) is 0.0326. The molecule has 0 aromatic heterocycles. The van der Waals surface area contributed by atoms with Crippen LogP contribution in [-0.4, -0.2) is 34.0 Å². The number of rotatable bonds is 2. The monoisotopic (exact) mass is 185 g/mol. The average Bonchev–Trinajstić information content (AvgIpc) is 1.86. The van der Waals surface area contributed by atoms with Gasteiger partial charge in [-0.2, -0.15) is 13.2 Å². The maximum absolute atomic E-state index is 11.4. The lowest BCUT2D eigenvalue weighted by Crippen LogP contribution is -2.35. The molecule has 0 heterocycles. The van der Waals surface area contributed by atoms with Crippen LogP contribution in [0, 0.1) is 0 Å². The molecule has 0 radical (unpaired) electrons. The van der Waals surface area contributed by atoms with E-state index in [0.29, 0.717) is 0 Å². The van der Waals surface area contributed by atoms with Crippen LogP contribution in [0.3, 0.4) is 0 Å². The van der Waals surface area contributed by atoms with Gasteiger partial charge in [0.25, 0.3) is 5.78 Å². The summed E-state index contributed by atoms with van der Waals surface area (Å²) >= 11 is 0. The average molecular weight is 185 g/mol. The van der Waals surface area contributed by atoms with E-state index in [2.05, 4.69) is 0 Å². The Hall–Kier alpha value is -1.60. The third-order valence-corrected chi connectivity index (χ3v) is 0.775. The molecule has 0 spiro atoms. The van der Waals surface area contributed by atoms with Crippen LogP contribution in [0.15, 0.2) is 5.16 Å². The first-order chi connectivity index (χ1) is 5.30. The minimum absolute atomic E-state index is 1.70. The van der Waals surface area contributed by atoms with Crippen molar-refractivity contribution >= 4 is 17.5 Å². The van der Waals surface area contributed by atoms with Gasteiger partial charge in [0.15, 0.2) is 0 Å². The summed E-state index contributed by atoms with van der Waals surface area (Å²) in [5.41, 5.74) is -1.96. The number of carboxylic acids is 1. The Morgan fingerprint density at radius 3 is 1.75 bits per heavy atom. The fraction of sp³-hybridized carbons (Fsp3) is 0.250. The number of Topliss-reactive ketones (excluding diaryl/α,β-unsaturated/α-hetero) is 1.